The molecule has 0 radical (unpaired) electrons. The first-order valence-corrected chi connectivity index (χ1v) is 16.8. The Balaban J connectivity index is 1.61. The summed E-state index contributed by atoms with van der Waals surface area (Å²) in [7, 11) is -4.07. The summed E-state index contributed by atoms with van der Waals surface area (Å²) in [4.78, 5) is 0. The molecule has 0 aliphatic heterocycles. The van der Waals surface area contributed by atoms with E-state index < -0.39 is 16.1 Å². The van der Waals surface area contributed by atoms with Crippen molar-refractivity contribution in [2.24, 2.45) is 0 Å². The van der Waals surface area contributed by atoms with Gasteiger partial charge in [-0.1, -0.05) is 146 Å². The van der Waals surface area contributed by atoms with Gasteiger partial charge in [0.2, 0.25) is 0 Å². The molecule has 4 rings (SSSR count). The van der Waals surface area contributed by atoms with Gasteiger partial charge in [0.1, 0.15) is 16.1 Å². The topological polar surface area (TPSA) is 0 Å². The van der Waals surface area contributed by atoms with Crippen molar-refractivity contribution in [3.8, 4) is 0 Å². The molecule has 0 saturated heterocycles. The molecule has 0 saturated carbocycles. The molecule has 0 nitrogen and oxygen atoms in total. The summed E-state index contributed by atoms with van der Waals surface area (Å²) in [5.74, 6) is 0. The Morgan fingerprint density at radius 1 is 0.412 bits per heavy atom. The van der Waals surface area contributed by atoms with E-state index in [1.807, 2.05) is 0 Å². The zero-order valence-electron chi connectivity index (χ0n) is 19.9. The zero-order valence-corrected chi connectivity index (χ0v) is 21.9. The highest BCUT2D eigenvalue weighted by Crippen LogP contribution is 2.22. The van der Waals surface area contributed by atoms with Crippen LogP contribution in [-0.4, -0.2) is 16.1 Å². The summed E-state index contributed by atoms with van der Waals surface area (Å²) in [5.41, 5.74) is 4.59. The van der Waals surface area contributed by atoms with E-state index in [2.05, 4.69) is 146 Å². The zero-order chi connectivity index (χ0) is 23.7. The quantitative estimate of drug-likeness (QED) is 0.192. The molecule has 0 amide bonds. The molecule has 0 aliphatic rings. The van der Waals surface area contributed by atoms with Gasteiger partial charge in [-0.2, -0.15) is 0 Å². The minimum Gasteiger partial charge on any atom is -0.106 e. The lowest BCUT2D eigenvalue weighted by atomic mass is 10.3. The summed E-state index contributed by atoms with van der Waals surface area (Å²) < 4.78 is 0. The van der Waals surface area contributed by atoms with Crippen LogP contribution in [0.1, 0.15) is 12.8 Å². The smallest absolute Gasteiger partial charge is 0.106 e. The molecule has 170 valence electrons. The van der Waals surface area contributed by atoms with E-state index in [4.69, 9.17) is 0 Å². The fourth-order valence-electron chi connectivity index (χ4n) is 5.34. The van der Waals surface area contributed by atoms with Gasteiger partial charge in [-0.25, -0.2) is 0 Å². The maximum absolute atomic E-state index is 4.38. The van der Waals surface area contributed by atoms with Crippen molar-refractivity contribution in [1.82, 2.24) is 0 Å². The van der Waals surface area contributed by atoms with Crippen molar-refractivity contribution >= 4 is 36.9 Å². The molecule has 0 bridgehead atoms. The minimum absolute atomic E-state index is 1.18. The summed E-state index contributed by atoms with van der Waals surface area (Å²) in [6.45, 7) is 8.76. The predicted octanol–water partition coefficient (Wildman–Crippen LogP) is 5.74. The van der Waals surface area contributed by atoms with Gasteiger partial charge in [-0.15, -0.1) is 13.2 Å². The Morgan fingerprint density at radius 3 is 0.853 bits per heavy atom. The van der Waals surface area contributed by atoms with Crippen LogP contribution in [0.3, 0.4) is 0 Å². The fourth-order valence-corrected chi connectivity index (χ4v) is 13.3. The van der Waals surface area contributed by atoms with Crippen molar-refractivity contribution in [3.63, 3.8) is 0 Å². The van der Waals surface area contributed by atoms with E-state index in [0.29, 0.717) is 0 Å². The van der Waals surface area contributed by atoms with E-state index >= 15 is 0 Å². The maximum Gasteiger partial charge on any atom is 0.140 e. The van der Waals surface area contributed by atoms with Gasteiger partial charge in [0.05, 0.1) is 0 Å². The van der Waals surface area contributed by atoms with Crippen molar-refractivity contribution in [2.45, 2.75) is 24.9 Å². The lowest BCUT2D eigenvalue weighted by molar-refractivity contribution is 0.863. The molecule has 0 aliphatic carbocycles. The van der Waals surface area contributed by atoms with Crippen LogP contribution in [0.5, 0.6) is 0 Å². The standard InChI is InChI=1S/C32H34Si2/c1-3-33(29-19-9-5-10-20-29,30-21-11-6-12-22-30)27-17-18-28-34(4-2,31-23-13-7-14-24-31)32-25-15-8-16-26-32/h3-16,19-26H,1-2,17-18,27-28H2. The van der Waals surface area contributed by atoms with Crippen molar-refractivity contribution in [2.75, 3.05) is 0 Å². The van der Waals surface area contributed by atoms with Crippen LogP contribution >= 0.6 is 0 Å². The third-order valence-corrected chi connectivity index (χ3v) is 16.4. The highest BCUT2D eigenvalue weighted by atomic mass is 28.3. The van der Waals surface area contributed by atoms with Gasteiger partial charge in [0, 0.05) is 0 Å². The third kappa shape index (κ3) is 4.84. The summed E-state index contributed by atoms with van der Waals surface area (Å²) in [5, 5.41) is 5.81. The van der Waals surface area contributed by atoms with Crippen LogP contribution in [0.2, 0.25) is 12.1 Å². The Hall–Kier alpha value is -3.21. The monoisotopic (exact) mass is 474 g/mol. The number of hydrogen-bond acceptors (Lipinski definition) is 0. The minimum atomic E-state index is -2.03. The van der Waals surface area contributed by atoms with Gasteiger partial charge >= 0.3 is 0 Å². The van der Waals surface area contributed by atoms with E-state index in [-0.39, 0.29) is 0 Å². The van der Waals surface area contributed by atoms with Crippen LogP contribution in [0.15, 0.2) is 146 Å². The summed E-state index contributed by atoms with van der Waals surface area (Å²) in [6, 6.07) is 46.6. The lowest BCUT2D eigenvalue weighted by Gasteiger charge is -2.32. The molecule has 0 N–H and O–H groups in total. The van der Waals surface area contributed by atoms with Crippen LogP contribution in [0, 0.1) is 0 Å². The second kappa shape index (κ2) is 11.3. The molecule has 0 aromatic heterocycles. The van der Waals surface area contributed by atoms with Crippen molar-refractivity contribution < 1.29 is 0 Å². The second-order valence-corrected chi connectivity index (χ2v) is 17.0. The molecule has 0 atom stereocenters. The third-order valence-electron chi connectivity index (χ3n) is 7.24. The van der Waals surface area contributed by atoms with E-state index in [1.54, 1.807) is 0 Å². The van der Waals surface area contributed by atoms with E-state index in [0.717, 1.165) is 0 Å². The fraction of sp³-hybridized carbons (Fsp3) is 0.125. The number of unbranched alkanes of at least 4 members (excludes halogenated alkanes) is 1. The SMILES string of the molecule is C=C[Si](CCCC[Si](C=C)(c1ccccc1)c1ccccc1)(c1ccccc1)c1ccccc1. The van der Waals surface area contributed by atoms with Crippen molar-refractivity contribution in [3.05, 3.63) is 146 Å². The van der Waals surface area contributed by atoms with Crippen molar-refractivity contribution in [1.29, 1.82) is 0 Å². The van der Waals surface area contributed by atoms with Gasteiger partial charge in [0.25, 0.3) is 0 Å². The van der Waals surface area contributed by atoms with Crippen LogP contribution < -0.4 is 20.7 Å². The average Bonchev–Trinajstić information content (AvgIpc) is 2.93. The summed E-state index contributed by atoms with van der Waals surface area (Å²) in [6.07, 6.45) is 2.37. The predicted molar refractivity (Wildman–Crippen MR) is 155 cm³/mol. The second-order valence-electron chi connectivity index (χ2n) is 9.02. The molecular formula is C32H34Si2. The first-order valence-electron chi connectivity index (χ1n) is 12.2. The molecule has 0 fully saturated rings. The molecule has 0 unspecified atom stereocenters. The number of hydrogen-bond donors (Lipinski definition) is 0. The molecule has 0 heterocycles. The molecule has 4 aromatic rings. The molecule has 4 aromatic carbocycles. The Kier molecular flexibility index (Phi) is 7.94. The van der Waals surface area contributed by atoms with E-state index in [1.165, 1.54) is 45.7 Å². The van der Waals surface area contributed by atoms with Crippen LogP contribution in [0.25, 0.3) is 0 Å². The average molecular weight is 475 g/mol. The highest BCUT2D eigenvalue weighted by molar-refractivity contribution is 7.06. The van der Waals surface area contributed by atoms with Gasteiger partial charge in [-0.3, -0.25) is 0 Å². The Labute approximate surface area is 207 Å². The molecule has 2 heteroatoms. The Morgan fingerprint density at radius 2 is 0.647 bits per heavy atom. The van der Waals surface area contributed by atoms with Crippen LogP contribution in [0.4, 0.5) is 0 Å². The lowest BCUT2D eigenvalue weighted by Crippen LogP contribution is -2.57. The number of rotatable bonds is 11. The molecule has 0 spiro atoms. The van der Waals surface area contributed by atoms with Gasteiger partial charge in [0.15, 0.2) is 0 Å². The molecule has 34 heavy (non-hydrogen) atoms. The van der Waals surface area contributed by atoms with Gasteiger partial charge in [-0.05, 0) is 32.8 Å². The number of benzene rings is 4. The normalized spacial score (nSPS) is 11.6. The Bertz CT molecular complexity index is 993. The van der Waals surface area contributed by atoms with Crippen LogP contribution in [-0.2, 0) is 0 Å². The largest absolute Gasteiger partial charge is 0.140 e. The first kappa shape index (κ1) is 23.9. The van der Waals surface area contributed by atoms with Gasteiger partial charge < -0.3 is 0 Å². The first-order chi connectivity index (χ1) is 16.7. The maximum atomic E-state index is 4.38. The molecular weight excluding hydrogens is 441 g/mol. The highest BCUT2D eigenvalue weighted by Gasteiger charge is 2.36. The van der Waals surface area contributed by atoms with E-state index in [9.17, 15) is 0 Å². The summed E-state index contributed by atoms with van der Waals surface area (Å²) >= 11 is 0.